The summed E-state index contributed by atoms with van der Waals surface area (Å²) in [6.07, 6.45) is 1.98. The summed E-state index contributed by atoms with van der Waals surface area (Å²) >= 11 is 1.49. The second kappa shape index (κ2) is 6.66. The van der Waals surface area contributed by atoms with E-state index in [4.69, 9.17) is 4.74 Å². The lowest BCUT2D eigenvalue weighted by Gasteiger charge is -2.29. The molecule has 0 aliphatic carbocycles. The Labute approximate surface area is 101 Å². The van der Waals surface area contributed by atoms with Crippen LogP contribution in [0.5, 0.6) is 0 Å². The van der Waals surface area contributed by atoms with Crippen LogP contribution in [0.3, 0.4) is 0 Å². The molecule has 1 aromatic rings. The lowest BCUT2D eigenvalue weighted by molar-refractivity contribution is 0.112. The molecule has 1 aromatic heterocycles. The summed E-state index contributed by atoms with van der Waals surface area (Å²) in [5, 5.41) is 2.03. The Morgan fingerprint density at radius 1 is 1.62 bits per heavy atom. The van der Waals surface area contributed by atoms with Gasteiger partial charge in [0.05, 0.1) is 11.5 Å². The van der Waals surface area contributed by atoms with Gasteiger partial charge in [0.15, 0.2) is 6.29 Å². The fourth-order valence-corrected chi connectivity index (χ4v) is 2.27. The van der Waals surface area contributed by atoms with E-state index in [-0.39, 0.29) is 0 Å². The highest BCUT2D eigenvalue weighted by atomic mass is 32.1. The van der Waals surface area contributed by atoms with E-state index in [1.165, 1.54) is 11.3 Å². The van der Waals surface area contributed by atoms with Crippen LogP contribution in [-0.2, 0) is 4.74 Å². The van der Waals surface area contributed by atoms with Crippen molar-refractivity contribution in [1.82, 2.24) is 0 Å². The normalized spacial score (nSPS) is 12.4. The Morgan fingerprint density at radius 3 is 2.88 bits per heavy atom. The molecule has 0 aliphatic rings. The SMILES string of the molecule is CCC(C)N(CCOC)c1csc(C=O)c1. The quantitative estimate of drug-likeness (QED) is 0.687. The molecule has 0 saturated carbocycles. The summed E-state index contributed by atoms with van der Waals surface area (Å²) in [4.78, 5) is 13.7. The molecule has 0 saturated heterocycles. The van der Waals surface area contributed by atoms with E-state index in [2.05, 4.69) is 18.7 Å². The van der Waals surface area contributed by atoms with Crippen LogP contribution in [0, 0.1) is 0 Å². The molecule has 16 heavy (non-hydrogen) atoms. The van der Waals surface area contributed by atoms with E-state index in [0.717, 1.165) is 29.8 Å². The van der Waals surface area contributed by atoms with Crippen LogP contribution < -0.4 is 4.90 Å². The number of carbonyl (C=O) groups is 1. The number of hydrogen-bond acceptors (Lipinski definition) is 4. The molecule has 0 bridgehead atoms. The van der Waals surface area contributed by atoms with Gasteiger partial charge in [0, 0.05) is 30.8 Å². The van der Waals surface area contributed by atoms with Gasteiger partial charge in [-0.25, -0.2) is 0 Å². The molecule has 0 amide bonds. The van der Waals surface area contributed by atoms with Crippen molar-refractivity contribution in [3.05, 3.63) is 16.3 Å². The van der Waals surface area contributed by atoms with E-state index >= 15 is 0 Å². The van der Waals surface area contributed by atoms with Crippen molar-refractivity contribution in [3.63, 3.8) is 0 Å². The Hall–Kier alpha value is -0.870. The largest absolute Gasteiger partial charge is 0.383 e. The molecular formula is C12H19NO2S. The first kappa shape index (κ1) is 13.2. The maximum atomic E-state index is 10.7. The number of nitrogens with zero attached hydrogens (tertiary/aromatic N) is 1. The first-order chi connectivity index (χ1) is 7.72. The third-order valence-electron chi connectivity index (χ3n) is 2.71. The lowest BCUT2D eigenvalue weighted by Crippen LogP contribution is -2.35. The molecule has 4 heteroatoms. The van der Waals surface area contributed by atoms with E-state index in [1.54, 1.807) is 7.11 Å². The standard InChI is InChI=1S/C12H19NO2S/c1-4-10(2)13(5-6-15-3)11-7-12(8-14)16-9-11/h7-10H,4-6H2,1-3H3. The van der Waals surface area contributed by atoms with Crippen LogP contribution in [0.2, 0.25) is 0 Å². The van der Waals surface area contributed by atoms with Gasteiger partial charge in [-0.2, -0.15) is 0 Å². The fourth-order valence-electron chi connectivity index (χ4n) is 1.57. The minimum atomic E-state index is 0.462. The van der Waals surface area contributed by atoms with Crippen LogP contribution in [0.25, 0.3) is 0 Å². The number of carbonyl (C=O) groups excluding carboxylic acids is 1. The van der Waals surface area contributed by atoms with Crippen molar-refractivity contribution < 1.29 is 9.53 Å². The van der Waals surface area contributed by atoms with Gasteiger partial charge in [-0.3, -0.25) is 4.79 Å². The van der Waals surface area contributed by atoms with Crippen molar-refractivity contribution in [1.29, 1.82) is 0 Å². The molecule has 0 radical (unpaired) electrons. The molecular weight excluding hydrogens is 222 g/mol. The molecule has 0 N–H and O–H groups in total. The van der Waals surface area contributed by atoms with E-state index in [0.29, 0.717) is 12.6 Å². The van der Waals surface area contributed by atoms with Crippen LogP contribution in [-0.4, -0.2) is 32.6 Å². The Balaban J connectivity index is 2.77. The predicted molar refractivity (Wildman–Crippen MR) is 68.7 cm³/mol. The second-order valence-corrected chi connectivity index (χ2v) is 4.71. The minimum Gasteiger partial charge on any atom is -0.383 e. The topological polar surface area (TPSA) is 29.5 Å². The number of rotatable bonds is 7. The van der Waals surface area contributed by atoms with Crippen molar-refractivity contribution in [2.75, 3.05) is 25.2 Å². The Morgan fingerprint density at radius 2 is 2.38 bits per heavy atom. The van der Waals surface area contributed by atoms with Gasteiger partial charge in [-0.05, 0) is 19.4 Å². The van der Waals surface area contributed by atoms with Gasteiger partial charge < -0.3 is 9.64 Å². The highest BCUT2D eigenvalue weighted by Crippen LogP contribution is 2.24. The molecule has 1 atom stereocenters. The summed E-state index contributed by atoms with van der Waals surface area (Å²) in [6, 6.07) is 2.41. The average Bonchev–Trinajstić information content (AvgIpc) is 2.77. The minimum absolute atomic E-state index is 0.462. The first-order valence-corrected chi connectivity index (χ1v) is 6.40. The summed E-state index contributed by atoms with van der Waals surface area (Å²) in [7, 11) is 1.71. The monoisotopic (exact) mass is 241 g/mol. The van der Waals surface area contributed by atoms with E-state index in [1.807, 2.05) is 11.4 Å². The number of anilines is 1. The third-order valence-corrected chi connectivity index (χ3v) is 3.56. The molecule has 1 unspecified atom stereocenters. The van der Waals surface area contributed by atoms with E-state index < -0.39 is 0 Å². The van der Waals surface area contributed by atoms with Crippen LogP contribution >= 0.6 is 11.3 Å². The van der Waals surface area contributed by atoms with Crippen molar-refractivity contribution >= 4 is 23.3 Å². The zero-order valence-corrected chi connectivity index (χ0v) is 10.9. The predicted octanol–water partition coefficient (Wildman–Crippen LogP) is 2.81. The molecule has 0 spiro atoms. The first-order valence-electron chi connectivity index (χ1n) is 5.52. The molecule has 0 aliphatic heterocycles. The third kappa shape index (κ3) is 3.32. The number of ether oxygens (including phenoxy) is 1. The van der Waals surface area contributed by atoms with Crippen molar-refractivity contribution in [3.8, 4) is 0 Å². The van der Waals surface area contributed by atoms with Gasteiger partial charge in [-0.15, -0.1) is 11.3 Å². The number of hydrogen-bond donors (Lipinski definition) is 0. The van der Waals surface area contributed by atoms with Gasteiger partial charge in [0.25, 0.3) is 0 Å². The van der Waals surface area contributed by atoms with Gasteiger partial charge in [0.2, 0.25) is 0 Å². The molecule has 1 rings (SSSR count). The maximum Gasteiger partial charge on any atom is 0.160 e. The molecule has 0 fully saturated rings. The molecule has 0 aromatic carbocycles. The van der Waals surface area contributed by atoms with Crippen LogP contribution in [0.4, 0.5) is 5.69 Å². The van der Waals surface area contributed by atoms with Crippen molar-refractivity contribution in [2.45, 2.75) is 26.3 Å². The lowest BCUT2D eigenvalue weighted by atomic mass is 10.2. The van der Waals surface area contributed by atoms with Crippen LogP contribution in [0.15, 0.2) is 11.4 Å². The zero-order chi connectivity index (χ0) is 12.0. The molecule has 3 nitrogen and oxygen atoms in total. The highest BCUT2D eigenvalue weighted by molar-refractivity contribution is 7.12. The number of methoxy groups -OCH3 is 1. The molecule has 90 valence electrons. The average molecular weight is 241 g/mol. The maximum absolute atomic E-state index is 10.7. The Bertz CT molecular complexity index is 325. The number of aldehydes is 1. The summed E-state index contributed by atoms with van der Waals surface area (Å²) in [5.74, 6) is 0. The van der Waals surface area contributed by atoms with E-state index in [9.17, 15) is 4.79 Å². The number of thiophene rings is 1. The van der Waals surface area contributed by atoms with Crippen LogP contribution in [0.1, 0.15) is 29.9 Å². The molecule has 1 heterocycles. The summed E-state index contributed by atoms with van der Waals surface area (Å²) in [6.45, 7) is 5.92. The summed E-state index contributed by atoms with van der Waals surface area (Å²) in [5.41, 5.74) is 1.12. The fraction of sp³-hybridized carbons (Fsp3) is 0.583. The van der Waals surface area contributed by atoms with Gasteiger partial charge in [0.1, 0.15) is 0 Å². The smallest absolute Gasteiger partial charge is 0.160 e. The second-order valence-electron chi connectivity index (χ2n) is 3.77. The Kier molecular flexibility index (Phi) is 5.49. The van der Waals surface area contributed by atoms with Gasteiger partial charge in [-0.1, -0.05) is 6.92 Å². The summed E-state index contributed by atoms with van der Waals surface area (Å²) < 4.78 is 5.11. The van der Waals surface area contributed by atoms with Gasteiger partial charge >= 0.3 is 0 Å². The highest BCUT2D eigenvalue weighted by Gasteiger charge is 2.14. The zero-order valence-electron chi connectivity index (χ0n) is 10.1. The van der Waals surface area contributed by atoms with Crippen molar-refractivity contribution in [2.24, 2.45) is 0 Å².